The van der Waals surface area contributed by atoms with Crippen LogP contribution in [-0.2, 0) is 4.74 Å². The van der Waals surface area contributed by atoms with E-state index in [0.29, 0.717) is 11.5 Å². The third kappa shape index (κ3) is 2.66. The molecule has 0 saturated carbocycles. The highest BCUT2D eigenvalue weighted by Gasteiger charge is 2.25. The Labute approximate surface area is 130 Å². The van der Waals surface area contributed by atoms with Crippen molar-refractivity contribution in [3.05, 3.63) is 18.5 Å². The van der Waals surface area contributed by atoms with Gasteiger partial charge < -0.3 is 19.1 Å². The molecule has 0 spiro atoms. The van der Waals surface area contributed by atoms with Gasteiger partial charge in [-0.15, -0.1) is 0 Å². The molecule has 1 aliphatic heterocycles. The maximum absolute atomic E-state index is 5.80. The van der Waals surface area contributed by atoms with Crippen LogP contribution in [0.25, 0.3) is 10.9 Å². The van der Waals surface area contributed by atoms with Crippen LogP contribution in [0.3, 0.4) is 0 Å². The lowest BCUT2D eigenvalue weighted by atomic mass is 10.1. The van der Waals surface area contributed by atoms with Gasteiger partial charge in [-0.3, -0.25) is 0 Å². The number of methoxy groups -OCH3 is 2. The fourth-order valence-corrected chi connectivity index (χ4v) is 2.97. The van der Waals surface area contributed by atoms with Crippen LogP contribution in [0.5, 0.6) is 11.5 Å². The molecule has 3 rings (SSSR count). The molecule has 1 saturated heterocycles. The summed E-state index contributed by atoms with van der Waals surface area (Å²) in [6.07, 6.45) is 1.94. The SMILES string of the molecule is COc1cc2ncnc(N3C[C@@H](C)O[C@H](C)C3)c2cc1OC. The van der Waals surface area contributed by atoms with Crippen LogP contribution in [0.1, 0.15) is 13.8 Å². The second-order valence-corrected chi connectivity index (χ2v) is 5.58. The smallest absolute Gasteiger partial charge is 0.162 e. The lowest BCUT2D eigenvalue weighted by Crippen LogP contribution is -2.45. The Balaban J connectivity index is 2.09. The number of anilines is 1. The summed E-state index contributed by atoms with van der Waals surface area (Å²) in [5.41, 5.74) is 0.842. The number of hydrogen-bond donors (Lipinski definition) is 0. The number of benzene rings is 1. The van der Waals surface area contributed by atoms with E-state index in [4.69, 9.17) is 14.2 Å². The monoisotopic (exact) mass is 303 g/mol. The third-order valence-corrected chi connectivity index (χ3v) is 3.84. The molecule has 22 heavy (non-hydrogen) atoms. The molecule has 1 aliphatic rings. The molecule has 0 unspecified atom stereocenters. The highest BCUT2D eigenvalue weighted by atomic mass is 16.5. The first-order chi connectivity index (χ1) is 10.6. The van der Waals surface area contributed by atoms with E-state index in [-0.39, 0.29) is 12.2 Å². The van der Waals surface area contributed by atoms with Crippen LogP contribution >= 0.6 is 0 Å². The zero-order valence-corrected chi connectivity index (χ0v) is 13.4. The molecule has 2 aromatic rings. The van der Waals surface area contributed by atoms with Gasteiger partial charge in [0.2, 0.25) is 0 Å². The molecule has 6 heteroatoms. The zero-order chi connectivity index (χ0) is 15.7. The Morgan fingerprint density at radius 3 is 2.32 bits per heavy atom. The Kier molecular flexibility index (Phi) is 4.02. The summed E-state index contributed by atoms with van der Waals surface area (Å²) >= 11 is 0. The first kappa shape index (κ1) is 14.8. The molecular weight excluding hydrogens is 282 g/mol. The van der Waals surface area contributed by atoms with Crippen LogP contribution in [0.15, 0.2) is 18.5 Å². The molecule has 2 atom stereocenters. The van der Waals surface area contributed by atoms with Gasteiger partial charge in [0.05, 0.1) is 31.9 Å². The second kappa shape index (κ2) is 5.96. The predicted molar refractivity (Wildman–Crippen MR) is 84.9 cm³/mol. The van der Waals surface area contributed by atoms with E-state index >= 15 is 0 Å². The molecule has 1 aromatic heterocycles. The van der Waals surface area contributed by atoms with Crippen molar-refractivity contribution in [3.63, 3.8) is 0 Å². The Morgan fingerprint density at radius 1 is 1.05 bits per heavy atom. The van der Waals surface area contributed by atoms with Crippen LogP contribution in [0.4, 0.5) is 5.82 Å². The Bertz CT molecular complexity index is 667. The topological polar surface area (TPSA) is 56.7 Å². The van der Waals surface area contributed by atoms with Crippen molar-refractivity contribution in [1.82, 2.24) is 9.97 Å². The average molecular weight is 303 g/mol. The van der Waals surface area contributed by atoms with Gasteiger partial charge >= 0.3 is 0 Å². The Morgan fingerprint density at radius 2 is 1.68 bits per heavy atom. The van der Waals surface area contributed by atoms with Gasteiger partial charge in [-0.05, 0) is 19.9 Å². The molecule has 1 fully saturated rings. The van der Waals surface area contributed by atoms with Crippen molar-refractivity contribution < 1.29 is 14.2 Å². The molecule has 1 aromatic carbocycles. The van der Waals surface area contributed by atoms with Gasteiger partial charge in [0.15, 0.2) is 11.5 Å². The summed E-state index contributed by atoms with van der Waals surface area (Å²) < 4.78 is 16.6. The summed E-state index contributed by atoms with van der Waals surface area (Å²) in [7, 11) is 3.25. The predicted octanol–water partition coefficient (Wildman–Crippen LogP) is 2.26. The number of ether oxygens (including phenoxy) is 3. The Hall–Kier alpha value is -2.08. The number of aromatic nitrogens is 2. The van der Waals surface area contributed by atoms with Crippen LogP contribution in [0, 0.1) is 0 Å². The maximum Gasteiger partial charge on any atom is 0.162 e. The molecular formula is C16H21N3O3. The summed E-state index contributed by atoms with van der Waals surface area (Å²) in [4.78, 5) is 11.1. The summed E-state index contributed by atoms with van der Waals surface area (Å²) in [6.45, 7) is 5.78. The average Bonchev–Trinajstić information content (AvgIpc) is 2.51. The van der Waals surface area contributed by atoms with Crippen molar-refractivity contribution >= 4 is 16.7 Å². The van der Waals surface area contributed by atoms with Gasteiger partial charge in [0.1, 0.15) is 12.1 Å². The van der Waals surface area contributed by atoms with E-state index in [1.54, 1.807) is 20.5 Å². The maximum atomic E-state index is 5.80. The minimum Gasteiger partial charge on any atom is -0.493 e. The standard InChI is InChI=1S/C16H21N3O3/c1-10-7-19(8-11(2)22-10)16-12-5-14(20-3)15(21-4)6-13(12)17-9-18-16/h5-6,9-11H,7-8H2,1-4H3/t10-,11-/m1/s1. The number of nitrogens with zero attached hydrogens (tertiary/aromatic N) is 3. The number of hydrogen-bond acceptors (Lipinski definition) is 6. The minimum atomic E-state index is 0.175. The number of rotatable bonds is 3. The molecule has 0 bridgehead atoms. The van der Waals surface area contributed by atoms with Gasteiger partial charge in [-0.1, -0.05) is 0 Å². The van der Waals surface area contributed by atoms with E-state index in [1.165, 1.54) is 0 Å². The lowest BCUT2D eigenvalue weighted by molar-refractivity contribution is -0.00537. The molecule has 118 valence electrons. The van der Waals surface area contributed by atoms with E-state index in [1.807, 2.05) is 12.1 Å². The first-order valence-electron chi connectivity index (χ1n) is 7.39. The second-order valence-electron chi connectivity index (χ2n) is 5.58. The molecule has 0 aliphatic carbocycles. The summed E-state index contributed by atoms with van der Waals surface area (Å²) in [6, 6.07) is 3.82. The van der Waals surface area contributed by atoms with Crippen LogP contribution < -0.4 is 14.4 Å². The summed E-state index contributed by atoms with van der Waals surface area (Å²) in [5, 5.41) is 0.960. The van der Waals surface area contributed by atoms with Gasteiger partial charge in [-0.2, -0.15) is 0 Å². The van der Waals surface area contributed by atoms with E-state index in [9.17, 15) is 0 Å². The van der Waals surface area contributed by atoms with E-state index in [0.717, 1.165) is 29.8 Å². The quantitative estimate of drug-likeness (QED) is 0.867. The first-order valence-corrected chi connectivity index (χ1v) is 7.39. The van der Waals surface area contributed by atoms with Crippen LogP contribution in [0.2, 0.25) is 0 Å². The molecule has 6 nitrogen and oxygen atoms in total. The van der Waals surface area contributed by atoms with E-state index < -0.39 is 0 Å². The van der Waals surface area contributed by atoms with Gasteiger partial charge in [-0.25, -0.2) is 9.97 Å². The van der Waals surface area contributed by atoms with Gasteiger partial charge in [0.25, 0.3) is 0 Å². The van der Waals surface area contributed by atoms with E-state index in [2.05, 4.69) is 28.7 Å². The molecule has 2 heterocycles. The largest absolute Gasteiger partial charge is 0.493 e. The minimum absolute atomic E-state index is 0.175. The summed E-state index contributed by atoms with van der Waals surface area (Å²) in [5.74, 6) is 2.26. The van der Waals surface area contributed by atoms with Crippen molar-refractivity contribution in [2.24, 2.45) is 0 Å². The highest BCUT2D eigenvalue weighted by molar-refractivity contribution is 5.92. The lowest BCUT2D eigenvalue weighted by Gasteiger charge is -2.36. The fourth-order valence-electron chi connectivity index (χ4n) is 2.97. The van der Waals surface area contributed by atoms with Crippen molar-refractivity contribution in [1.29, 1.82) is 0 Å². The fraction of sp³-hybridized carbons (Fsp3) is 0.500. The molecule has 0 radical (unpaired) electrons. The van der Waals surface area contributed by atoms with Crippen LogP contribution in [-0.4, -0.2) is 49.5 Å². The van der Waals surface area contributed by atoms with Crippen molar-refractivity contribution in [3.8, 4) is 11.5 Å². The molecule has 0 amide bonds. The highest BCUT2D eigenvalue weighted by Crippen LogP contribution is 2.35. The van der Waals surface area contributed by atoms with Crippen molar-refractivity contribution in [2.45, 2.75) is 26.1 Å². The number of fused-ring (bicyclic) bond motifs is 1. The normalized spacial score (nSPS) is 21.9. The van der Waals surface area contributed by atoms with Gasteiger partial charge in [0, 0.05) is 24.5 Å². The zero-order valence-electron chi connectivity index (χ0n) is 13.4. The third-order valence-electron chi connectivity index (χ3n) is 3.84. The number of morpholine rings is 1. The van der Waals surface area contributed by atoms with Crippen molar-refractivity contribution in [2.75, 3.05) is 32.2 Å². The molecule has 0 N–H and O–H groups in total.